The van der Waals surface area contributed by atoms with Crippen molar-refractivity contribution < 1.29 is 0 Å². The van der Waals surface area contributed by atoms with E-state index in [2.05, 4.69) is 29.2 Å². The molecule has 0 radical (unpaired) electrons. The number of aromatic amines is 1. The van der Waals surface area contributed by atoms with Gasteiger partial charge in [-0.1, -0.05) is 24.3 Å². The molecule has 1 aliphatic rings. The van der Waals surface area contributed by atoms with Gasteiger partial charge >= 0.3 is 0 Å². The number of rotatable bonds is 0. The van der Waals surface area contributed by atoms with E-state index in [9.17, 15) is 0 Å². The van der Waals surface area contributed by atoms with E-state index in [4.69, 9.17) is 0 Å². The molecule has 0 amide bonds. The fourth-order valence-corrected chi connectivity index (χ4v) is 1.79. The molecule has 0 aliphatic heterocycles. The molecule has 1 aromatic heterocycles. The molecule has 1 aliphatic carbocycles. The molecule has 1 N–H and O–H groups in total. The largest absolute Gasteiger partial charge is 0.368 e. The van der Waals surface area contributed by atoms with Crippen LogP contribution < -0.4 is 0 Å². The Balaban J connectivity index is 0.000000128. The predicted molar refractivity (Wildman–Crippen MR) is 59.3 cm³/mol. The standard InChI is InChI=1S/C9H10.C4H5N/c1-2-5-9-7-3-6-8(9)4-1;1-2-4-5-3-1/h1-2,4-5H,3,6-7H2;1-5H. The van der Waals surface area contributed by atoms with Crippen LogP contribution in [-0.2, 0) is 12.8 Å². The number of nitrogens with one attached hydrogen (secondary N) is 1. The Morgan fingerprint density at radius 2 is 1.36 bits per heavy atom. The van der Waals surface area contributed by atoms with Crippen LogP contribution in [0.15, 0.2) is 48.8 Å². The summed E-state index contributed by atoms with van der Waals surface area (Å²) >= 11 is 0. The number of hydrogen-bond acceptors (Lipinski definition) is 0. The summed E-state index contributed by atoms with van der Waals surface area (Å²) in [6.45, 7) is 0. The Morgan fingerprint density at radius 1 is 0.786 bits per heavy atom. The molecule has 0 saturated carbocycles. The molecule has 1 nitrogen and oxygen atoms in total. The summed E-state index contributed by atoms with van der Waals surface area (Å²) in [6.07, 6.45) is 7.71. The molecule has 2 aromatic rings. The first kappa shape index (κ1) is 9.07. The average molecular weight is 185 g/mol. The van der Waals surface area contributed by atoms with Crippen molar-refractivity contribution >= 4 is 0 Å². The third-order valence-corrected chi connectivity index (χ3v) is 2.51. The van der Waals surface area contributed by atoms with Crippen LogP contribution in [-0.4, -0.2) is 4.98 Å². The number of hydrogen-bond donors (Lipinski definition) is 1. The summed E-state index contributed by atoms with van der Waals surface area (Å²) in [5.74, 6) is 0. The van der Waals surface area contributed by atoms with E-state index in [-0.39, 0.29) is 0 Å². The van der Waals surface area contributed by atoms with E-state index in [1.54, 1.807) is 11.1 Å². The highest BCUT2D eigenvalue weighted by Gasteiger charge is 2.07. The van der Waals surface area contributed by atoms with Gasteiger partial charge in [-0.3, -0.25) is 0 Å². The molecule has 14 heavy (non-hydrogen) atoms. The minimum atomic E-state index is 1.30. The second-order valence-corrected chi connectivity index (χ2v) is 3.51. The zero-order chi connectivity index (χ0) is 9.64. The first-order valence-corrected chi connectivity index (χ1v) is 5.11. The van der Waals surface area contributed by atoms with Crippen LogP contribution >= 0.6 is 0 Å². The maximum absolute atomic E-state index is 2.86. The van der Waals surface area contributed by atoms with E-state index in [0.29, 0.717) is 0 Å². The Morgan fingerprint density at radius 3 is 1.79 bits per heavy atom. The Bertz CT molecular complexity index is 322. The summed E-state index contributed by atoms with van der Waals surface area (Å²) in [5, 5.41) is 0. The molecule has 1 heteroatoms. The second-order valence-electron chi connectivity index (χ2n) is 3.51. The molecule has 72 valence electrons. The maximum atomic E-state index is 2.86. The SMILES string of the molecule is c1cc[nH]c1.c1ccc2c(c1)CCC2. The van der Waals surface area contributed by atoms with Gasteiger partial charge in [0, 0.05) is 12.4 Å². The molecular weight excluding hydrogens is 170 g/mol. The van der Waals surface area contributed by atoms with Gasteiger partial charge in [-0.05, 0) is 42.5 Å². The lowest BCUT2D eigenvalue weighted by molar-refractivity contribution is 0.912. The molecule has 0 atom stereocenters. The molecule has 0 saturated heterocycles. The van der Waals surface area contributed by atoms with Crippen LogP contribution in [0.5, 0.6) is 0 Å². The van der Waals surface area contributed by atoms with E-state index in [1.807, 2.05) is 24.5 Å². The van der Waals surface area contributed by atoms with Crippen LogP contribution in [0.2, 0.25) is 0 Å². The predicted octanol–water partition coefficient (Wildman–Crippen LogP) is 3.19. The van der Waals surface area contributed by atoms with Gasteiger partial charge in [0.05, 0.1) is 0 Å². The van der Waals surface area contributed by atoms with Crippen molar-refractivity contribution in [1.82, 2.24) is 4.98 Å². The molecule has 0 bridgehead atoms. The van der Waals surface area contributed by atoms with Gasteiger partial charge in [0.25, 0.3) is 0 Å². The quantitative estimate of drug-likeness (QED) is 0.648. The molecule has 1 aromatic carbocycles. The van der Waals surface area contributed by atoms with Crippen molar-refractivity contribution in [3.05, 3.63) is 59.9 Å². The summed E-state index contributed by atoms with van der Waals surface area (Å²) in [5.41, 5.74) is 3.13. The van der Waals surface area contributed by atoms with Gasteiger partial charge in [0.2, 0.25) is 0 Å². The minimum Gasteiger partial charge on any atom is -0.368 e. The van der Waals surface area contributed by atoms with Crippen LogP contribution in [0, 0.1) is 0 Å². The van der Waals surface area contributed by atoms with Gasteiger partial charge in [0.15, 0.2) is 0 Å². The number of aryl methyl sites for hydroxylation is 2. The molecule has 0 fully saturated rings. The van der Waals surface area contributed by atoms with Crippen LogP contribution in [0.1, 0.15) is 17.5 Å². The lowest BCUT2D eigenvalue weighted by Crippen LogP contribution is -1.77. The van der Waals surface area contributed by atoms with E-state index in [1.165, 1.54) is 19.3 Å². The first-order valence-electron chi connectivity index (χ1n) is 5.11. The number of H-pyrrole nitrogens is 1. The lowest BCUT2D eigenvalue weighted by Gasteiger charge is -1.93. The fourth-order valence-electron chi connectivity index (χ4n) is 1.79. The Labute approximate surface area is 84.8 Å². The maximum Gasteiger partial charge on any atom is 0.000496 e. The van der Waals surface area contributed by atoms with E-state index in [0.717, 1.165) is 0 Å². The highest BCUT2D eigenvalue weighted by atomic mass is 14.6. The Kier molecular flexibility index (Phi) is 3.02. The van der Waals surface area contributed by atoms with Gasteiger partial charge in [-0.2, -0.15) is 0 Å². The van der Waals surface area contributed by atoms with Crippen molar-refractivity contribution in [2.24, 2.45) is 0 Å². The van der Waals surface area contributed by atoms with Gasteiger partial charge in [-0.15, -0.1) is 0 Å². The zero-order valence-corrected chi connectivity index (χ0v) is 8.24. The summed E-state index contributed by atoms with van der Waals surface area (Å²) in [4.78, 5) is 2.86. The lowest BCUT2D eigenvalue weighted by atomic mass is 10.1. The van der Waals surface area contributed by atoms with Crippen LogP contribution in [0.4, 0.5) is 0 Å². The third-order valence-electron chi connectivity index (χ3n) is 2.51. The van der Waals surface area contributed by atoms with Crippen molar-refractivity contribution in [3.63, 3.8) is 0 Å². The third kappa shape index (κ3) is 2.25. The van der Waals surface area contributed by atoms with Gasteiger partial charge in [-0.25, -0.2) is 0 Å². The summed E-state index contributed by atoms with van der Waals surface area (Å²) < 4.78 is 0. The molecule has 3 rings (SSSR count). The topological polar surface area (TPSA) is 15.8 Å². The number of fused-ring (bicyclic) bond motifs is 1. The smallest absolute Gasteiger partial charge is 0.000496 e. The normalized spacial score (nSPS) is 12.9. The number of aromatic nitrogens is 1. The highest BCUT2D eigenvalue weighted by molar-refractivity contribution is 5.30. The molecular formula is C13H15N. The summed E-state index contributed by atoms with van der Waals surface area (Å²) in [6, 6.07) is 12.6. The van der Waals surface area contributed by atoms with Gasteiger partial charge in [0.1, 0.15) is 0 Å². The highest BCUT2D eigenvalue weighted by Crippen LogP contribution is 2.20. The Hall–Kier alpha value is -1.50. The van der Waals surface area contributed by atoms with Crippen molar-refractivity contribution in [2.45, 2.75) is 19.3 Å². The van der Waals surface area contributed by atoms with Crippen molar-refractivity contribution in [2.75, 3.05) is 0 Å². The second kappa shape index (κ2) is 4.66. The molecule has 0 spiro atoms. The van der Waals surface area contributed by atoms with Crippen LogP contribution in [0.3, 0.4) is 0 Å². The fraction of sp³-hybridized carbons (Fsp3) is 0.231. The van der Waals surface area contributed by atoms with Crippen LogP contribution in [0.25, 0.3) is 0 Å². The average Bonchev–Trinajstić information content (AvgIpc) is 2.92. The minimum absolute atomic E-state index is 1.30. The first-order chi connectivity index (χ1) is 6.97. The monoisotopic (exact) mass is 185 g/mol. The van der Waals surface area contributed by atoms with E-state index >= 15 is 0 Å². The van der Waals surface area contributed by atoms with Crippen molar-refractivity contribution in [1.29, 1.82) is 0 Å². The molecule has 0 unspecified atom stereocenters. The number of benzene rings is 1. The van der Waals surface area contributed by atoms with Gasteiger partial charge < -0.3 is 4.98 Å². The zero-order valence-electron chi connectivity index (χ0n) is 8.24. The summed E-state index contributed by atoms with van der Waals surface area (Å²) in [7, 11) is 0. The van der Waals surface area contributed by atoms with E-state index < -0.39 is 0 Å². The molecule has 1 heterocycles. The van der Waals surface area contributed by atoms with Crippen molar-refractivity contribution in [3.8, 4) is 0 Å².